The lowest BCUT2D eigenvalue weighted by Gasteiger charge is -2.19. The number of carboxylic acids is 2. The standard InChI is InChI=1S/C15H24N6O9/c16-6(3-9(17)22)13(27)21-8(4-10(18)23)14(28)19-5-11(24)20-7(15(29)30)1-2-12(25)26/h6-8H,1-5,16H2,(H2,17,22)(H2,18,23)(H,19,28)(H,20,24)(H,21,27)(H,25,26)(H,29,30). The number of carbonyl (C=O) groups is 7. The number of hydrogen-bond acceptors (Lipinski definition) is 8. The van der Waals surface area contributed by atoms with E-state index in [1.807, 2.05) is 5.32 Å². The van der Waals surface area contributed by atoms with Gasteiger partial charge in [0.2, 0.25) is 29.5 Å². The third kappa shape index (κ3) is 11.2. The molecule has 0 aliphatic rings. The molecule has 0 aliphatic carbocycles. The van der Waals surface area contributed by atoms with Crippen molar-refractivity contribution < 1.29 is 43.8 Å². The molecular weight excluding hydrogens is 408 g/mol. The van der Waals surface area contributed by atoms with Crippen molar-refractivity contribution in [1.82, 2.24) is 16.0 Å². The number of aliphatic carboxylic acids is 2. The number of nitrogens with two attached hydrogens (primary N) is 3. The normalized spacial score (nSPS) is 13.2. The van der Waals surface area contributed by atoms with Crippen molar-refractivity contribution in [2.75, 3.05) is 6.54 Å². The van der Waals surface area contributed by atoms with Gasteiger partial charge in [0.1, 0.15) is 12.1 Å². The maximum atomic E-state index is 12.2. The summed E-state index contributed by atoms with van der Waals surface area (Å²) in [6.45, 7) is -0.742. The summed E-state index contributed by atoms with van der Waals surface area (Å²) in [5, 5.41) is 23.7. The Bertz CT molecular complexity index is 711. The van der Waals surface area contributed by atoms with E-state index in [1.54, 1.807) is 0 Å². The van der Waals surface area contributed by atoms with Gasteiger partial charge in [0.15, 0.2) is 0 Å². The van der Waals surface area contributed by atoms with Gasteiger partial charge in [0.05, 0.1) is 25.4 Å². The number of hydrogen-bond donors (Lipinski definition) is 8. The molecule has 0 saturated carbocycles. The average molecular weight is 432 g/mol. The topological polar surface area (TPSA) is 274 Å². The maximum Gasteiger partial charge on any atom is 0.326 e. The second-order valence-electron chi connectivity index (χ2n) is 6.12. The van der Waals surface area contributed by atoms with E-state index in [1.165, 1.54) is 0 Å². The molecule has 11 N–H and O–H groups in total. The number of rotatable bonds is 14. The summed E-state index contributed by atoms with van der Waals surface area (Å²) < 4.78 is 0. The van der Waals surface area contributed by atoms with Crippen molar-refractivity contribution >= 4 is 41.5 Å². The van der Waals surface area contributed by atoms with E-state index in [-0.39, 0.29) is 6.42 Å². The summed E-state index contributed by atoms with van der Waals surface area (Å²) in [7, 11) is 0. The molecule has 0 spiro atoms. The van der Waals surface area contributed by atoms with Gasteiger partial charge in [-0.3, -0.25) is 28.8 Å². The first-order chi connectivity index (χ1) is 13.8. The first kappa shape index (κ1) is 26.2. The molecule has 0 aliphatic heterocycles. The Hall–Kier alpha value is -3.75. The summed E-state index contributed by atoms with van der Waals surface area (Å²) in [6.07, 6.45) is -2.07. The second-order valence-corrected chi connectivity index (χ2v) is 6.12. The Labute approximate surface area is 169 Å². The molecule has 0 fully saturated rings. The lowest BCUT2D eigenvalue weighted by atomic mass is 10.1. The fourth-order valence-corrected chi connectivity index (χ4v) is 2.06. The van der Waals surface area contributed by atoms with Crippen LogP contribution in [0, 0.1) is 0 Å². The van der Waals surface area contributed by atoms with Crippen LogP contribution in [0.1, 0.15) is 25.7 Å². The fourth-order valence-electron chi connectivity index (χ4n) is 2.06. The zero-order chi connectivity index (χ0) is 23.4. The van der Waals surface area contributed by atoms with Crippen LogP contribution in [0.15, 0.2) is 0 Å². The molecule has 3 atom stereocenters. The highest BCUT2D eigenvalue weighted by Gasteiger charge is 2.27. The van der Waals surface area contributed by atoms with Crippen LogP contribution in [0.25, 0.3) is 0 Å². The summed E-state index contributed by atoms with van der Waals surface area (Å²) in [5.74, 6) is -7.53. The molecule has 0 bridgehead atoms. The molecule has 0 aromatic carbocycles. The minimum absolute atomic E-state index is 0.386. The van der Waals surface area contributed by atoms with Crippen molar-refractivity contribution in [2.24, 2.45) is 17.2 Å². The molecule has 5 amide bonds. The SMILES string of the molecule is NC(=O)CC(N)C(=O)NC(CC(N)=O)C(=O)NCC(=O)NC(CCC(=O)O)C(=O)O. The van der Waals surface area contributed by atoms with Gasteiger partial charge in [-0.15, -0.1) is 0 Å². The Kier molecular flexibility index (Phi) is 11.1. The van der Waals surface area contributed by atoms with Gasteiger partial charge in [-0.1, -0.05) is 0 Å². The van der Waals surface area contributed by atoms with Gasteiger partial charge in [-0.05, 0) is 6.42 Å². The van der Waals surface area contributed by atoms with Crippen LogP contribution < -0.4 is 33.2 Å². The van der Waals surface area contributed by atoms with Crippen molar-refractivity contribution in [2.45, 2.75) is 43.8 Å². The number of nitrogens with one attached hydrogen (secondary N) is 3. The van der Waals surface area contributed by atoms with Crippen LogP contribution in [-0.4, -0.2) is 76.4 Å². The predicted molar refractivity (Wildman–Crippen MR) is 97.0 cm³/mol. The Balaban J connectivity index is 4.87. The van der Waals surface area contributed by atoms with Crippen molar-refractivity contribution in [3.05, 3.63) is 0 Å². The van der Waals surface area contributed by atoms with Crippen molar-refractivity contribution in [1.29, 1.82) is 0 Å². The van der Waals surface area contributed by atoms with E-state index in [4.69, 9.17) is 27.4 Å². The first-order valence-corrected chi connectivity index (χ1v) is 8.47. The van der Waals surface area contributed by atoms with Crippen LogP contribution in [0.5, 0.6) is 0 Å². The molecule has 0 rings (SSSR count). The summed E-state index contributed by atoms with van der Waals surface area (Å²) >= 11 is 0. The van der Waals surface area contributed by atoms with Gasteiger partial charge < -0.3 is 43.4 Å². The minimum atomic E-state index is -1.52. The molecule has 0 aromatic heterocycles. The molecular formula is C15H24N6O9. The molecule has 0 aromatic rings. The zero-order valence-electron chi connectivity index (χ0n) is 15.8. The van der Waals surface area contributed by atoms with Crippen LogP contribution in [0.3, 0.4) is 0 Å². The van der Waals surface area contributed by atoms with Crippen LogP contribution in [0.2, 0.25) is 0 Å². The summed E-state index contributed by atoms with van der Waals surface area (Å²) in [5.41, 5.74) is 15.4. The van der Waals surface area contributed by atoms with Crippen molar-refractivity contribution in [3.8, 4) is 0 Å². The molecule has 3 unspecified atom stereocenters. The molecule has 15 nitrogen and oxygen atoms in total. The molecule has 0 saturated heterocycles. The quantitative estimate of drug-likeness (QED) is 0.129. The van der Waals surface area contributed by atoms with Gasteiger partial charge in [0.25, 0.3) is 0 Å². The number of primary amides is 2. The lowest BCUT2D eigenvalue weighted by Crippen LogP contribution is -2.54. The minimum Gasteiger partial charge on any atom is -0.481 e. The van der Waals surface area contributed by atoms with E-state index >= 15 is 0 Å². The largest absolute Gasteiger partial charge is 0.481 e. The summed E-state index contributed by atoms with van der Waals surface area (Å²) in [4.78, 5) is 79.3. The first-order valence-electron chi connectivity index (χ1n) is 8.47. The molecule has 15 heteroatoms. The van der Waals surface area contributed by atoms with Crippen LogP contribution in [0.4, 0.5) is 0 Å². The zero-order valence-corrected chi connectivity index (χ0v) is 15.8. The Morgan fingerprint density at radius 1 is 0.800 bits per heavy atom. The second kappa shape index (κ2) is 12.7. The lowest BCUT2D eigenvalue weighted by molar-refractivity contribution is -0.143. The highest BCUT2D eigenvalue weighted by atomic mass is 16.4. The van der Waals surface area contributed by atoms with Gasteiger partial charge in [-0.2, -0.15) is 0 Å². The Morgan fingerprint density at radius 3 is 1.83 bits per heavy atom. The number of carbonyl (C=O) groups excluding carboxylic acids is 5. The molecule has 0 heterocycles. The molecule has 168 valence electrons. The number of amides is 5. The van der Waals surface area contributed by atoms with E-state index in [2.05, 4.69) is 10.6 Å². The third-order valence-electron chi connectivity index (χ3n) is 3.50. The average Bonchev–Trinajstić information content (AvgIpc) is 2.60. The van der Waals surface area contributed by atoms with E-state index in [0.717, 1.165) is 0 Å². The molecule has 30 heavy (non-hydrogen) atoms. The molecule has 0 radical (unpaired) electrons. The fraction of sp³-hybridized carbons (Fsp3) is 0.533. The van der Waals surface area contributed by atoms with E-state index in [0.29, 0.717) is 0 Å². The smallest absolute Gasteiger partial charge is 0.326 e. The van der Waals surface area contributed by atoms with Gasteiger partial charge in [-0.25, -0.2) is 4.79 Å². The Morgan fingerprint density at radius 2 is 1.37 bits per heavy atom. The highest BCUT2D eigenvalue weighted by molar-refractivity contribution is 5.96. The van der Waals surface area contributed by atoms with Crippen molar-refractivity contribution in [3.63, 3.8) is 0 Å². The van der Waals surface area contributed by atoms with Crippen LogP contribution >= 0.6 is 0 Å². The van der Waals surface area contributed by atoms with Crippen LogP contribution in [-0.2, 0) is 33.6 Å². The third-order valence-corrected chi connectivity index (χ3v) is 3.50. The predicted octanol–water partition coefficient (Wildman–Crippen LogP) is -4.90. The van der Waals surface area contributed by atoms with Gasteiger partial charge >= 0.3 is 11.9 Å². The number of carboxylic acid groups (broad SMARTS) is 2. The monoisotopic (exact) mass is 432 g/mol. The van der Waals surface area contributed by atoms with E-state index in [9.17, 15) is 33.6 Å². The summed E-state index contributed by atoms with van der Waals surface area (Å²) in [6, 6.07) is -4.41. The van der Waals surface area contributed by atoms with E-state index < -0.39 is 85.4 Å². The highest BCUT2D eigenvalue weighted by Crippen LogP contribution is 1.99. The van der Waals surface area contributed by atoms with Gasteiger partial charge in [0, 0.05) is 6.42 Å². The maximum absolute atomic E-state index is 12.2.